The predicted molar refractivity (Wildman–Crippen MR) is 110 cm³/mol. The number of aromatic amines is 1. The second-order valence-corrected chi connectivity index (χ2v) is 7.35. The molecule has 1 saturated heterocycles. The standard InChI is InChI=1S/C23H25N3O/c1-16-15-22(27)25-23(24-16)21-11-9-20(10-12-21)19-7-5-18(6-8-19)17(2)26-13-3-4-14-26/h5-12,15,17H,3-4,13-14H2,1-2H3,(H,24,25,27)/t17-/m0/s1. The molecule has 1 aliphatic rings. The molecular formula is C23H25N3O. The van der Waals surface area contributed by atoms with Crippen molar-refractivity contribution in [2.75, 3.05) is 13.1 Å². The van der Waals surface area contributed by atoms with Gasteiger partial charge < -0.3 is 4.98 Å². The number of H-pyrrole nitrogens is 1. The van der Waals surface area contributed by atoms with Crippen LogP contribution in [0.5, 0.6) is 0 Å². The Balaban J connectivity index is 1.54. The molecule has 0 spiro atoms. The van der Waals surface area contributed by atoms with Gasteiger partial charge in [0, 0.05) is 23.4 Å². The fraction of sp³-hybridized carbons (Fsp3) is 0.304. The van der Waals surface area contributed by atoms with E-state index in [1.807, 2.05) is 19.1 Å². The molecule has 0 aliphatic carbocycles. The molecule has 27 heavy (non-hydrogen) atoms. The molecule has 2 aromatic carbocycles. The van der Waals surface area contributed by atoms with E-state index in [-0.39, 0.29) is 5.56 Å². The van der Waals surface area contributed by atoms with E-state index >= 15 is 0 Å². The number of benzene rings is 2. The molecule has 0 saturated carbocycles. The molecule has 1 atom stereocenters. The van der Waals surface area contributed by atoms with Crippen LogP contribution in [-0.2, 0) is 0 Å². The smallest absolute Gasteiger partial charge is 0.251 e. The van der Waals surface area contributed by atoms with Crippen LogP contribution in [-0.4, -0.2) is 28.0 Å². The van der Waals surface area contributed by atoms with E-state index in [2.05, 4.69) is 58.2 Å². The second kappa shape index (κ2) is 7.49. The lowest BCUT2D eigenvalue weighted by atomic mass is 10.00. The lowest BCUT2D eigenvalue weighted by molar-refractivity contribution is 0.263. The number of nitrogens with one attached hydrogen (secondary N) is 1. The summed E-state index contributed by atoms with van der Waals surface area (Å²) in [5, 5.41) is 0. The molecule has 1 aromatic heterocycles. The van der Waals surface area contributed by atoms with Gasteiger partial charge in [0.1, 0.15) is 5.82 Å². The van der Waals surface area contributed by atoms with E-state index in [0.717, 1.165) is 16.8 Å². The van der Waals surface area contributed by atoms with Gasteiger partial charge >= 0.3 is 0 Å². The molecule has 1 aliphatic heterocycles. The van der Waals surface area contributed by atoms with E-state index in [1.54, 1.807) is 0 Å². The number of rotatable bonds is 4. The Labute approximate surface area is 159 Å². The lowest BCUT2D eigenvalue weighted by Crippen LogP contribution is -2.23. The van der Waals surface area contributed by atoms with Crippen LogP contribution in [0.2, 0.25) is 0 Å². The van der Waals surface area contributed by atoms with Gasteiger partial charge in [0.2, 0.25) is 0 Å². The Morgan fingerprint density at radius 1 is 0.926 bits per heavy atom. The van der Waals surface area contributed by atoms with Gasteiger partial charge in [0.25, 0.3) is 5.56 Å². The van der Waals surface area contributed by atoms with Crippen molar-refractivity contribution in [3.05, 3.63) is 76.2 Å². The van der Waals surface area contributed by atoms with E-state index in [9.17, 15) is 4.79 Å². The number of hydrogen-bond acceptors (Lipinski definition) is 3. The average Bonchev–Trinajstić information content (AvgIpc) is 3.22. The van der Waals surface area contributed by atoms with Crippen molar-refractivity contribution in [2.45, 2.75) is 32.7 Å². The SMILES string of the molecule is Cc1cc(=O)[nH]c(-c2ccc(-c3ccc([C@H](C)N4CCCC4)cc3)cc2)n1. The van der Waals surface area contributed by atoms with E-state index in [0.29, 0.717) is 11.9 Å². The Kier molecular flexibility index (Phi) is 4.90. The first-order valence-corrected chi connectivity index (χ1v) is 9.63. The van der Waals surface area contributed by atoms with Crippen molar-refractivity contribution in [1.82, 2.24) is 14.9 Å². The van der Waals surface area contributed by atoms with Crippen molar-refractivity contribution in [1.29, 1.82) is 0 Å². The molecule has 0 radical (unpaired) electrons. The molecule has 0 unspecified atom stereocenters. The van der Waals surface area contributed by atoms with Crippen LogP contribution in [0.25, 0.3) is 22.5 Å². The molecule has 2 heterocycles. The summed E-state index contributed by atoms with van der Waals surface area (Å²) in [4.78, 5) is 21.4. The summed E-state index contributed by atoms with van der Waals surface area (Å²) < 4.78 is 0. The van der Waals surface area contributed by atoms with Crippen LogP contribution < -0.4 is 5.56 Å². The van der Waals surface area contributed by atoms with Crippen LogP contribution in [0.1, 0.15) is 37.1 Å². The average molecular weight is 359 g/mol. The Morgan fingerprint density at radius 2 is 1.48 bits per heavy atom. The number of likely N-dealkylation sites (tertiary alicyclic amines) is 1. The van der Waals surface area contributed by atoms with Crippen molar-refractivity contribution in [3.8, 4) is 22.5 Å². The molecule has 1 fully saturated rings. The topological polar surface area (TPSA) is 49.0 Å². The quantitative estimate of drug-likeness (QED) is 0.742. The Bertz CT molecular complexity index is 968. The van der Waals surface area contributed by atoms with Gasteiger partial charge in [-0.15, -0.1) is 0 Å². The molecule has 4 heteroatoms. The van der Waals surface area contributed by atoms with Gasteiger partial charge in [-0.25, -0.2) is 4.98 Å². The van der Waals surface area contributed by atoms with Crippen molar-refractivity contribution in [3.63, 3.8) is 0 Å². The third kappa shape index (κ3) is 3.86. The second-order valence-electron chi connectivity index (χ2n) is 7.35. The highest BCUT2D eigenvalue weighted by Gasteiger charge is 2.19. The lowest BCUT2D eigenvalue weighted by Gasteiger charge is -2.24. The molecule has 3 aromatic rings. The van der Waals surface area contributed by atoms with E-state index < -0.39 is 0 Å². The predicted octanol–water partition coefficient (Wildman–Crippen LogP) is 4.57. The van der Waals surface area contributed by atoms with Crippen LogP contribution in [0.15, 0.2) is 59.4 Å². The highest BCUT2D eigenvalue weighted by atomic mass is 16.1. The number of nitrogens with zero attached hydrogens (tertiary/aromatic N) is 2. The first kappa shape index (κ1) is 17.7. The first-order valence-electron chi connectivity index (χ1n) is 9.63. The van der Waals surface area contributed by atoms with Crippen LogP contribution in [0.3, 0.4) is 0 Å². The normalized spacial score (nSPS) is 15.8. The van der Waals surface area contributed by atoms with Crippen molar-refractivity contribution in [2.24, 2.45) is 0 Å². The largest absolute Gasteiger partial charge is 0.307 e. The van der Waals surface area contributed by atoms with E-state index in [1.165, 1.54) is 43.1 Å². The zero-order valence-electron chi connectivity index (χ0n) is 15.9. The minimum atomic E-state index is -0.121. The van der Waals surface area contributed by atoms with Gasteiger partial charge in [0.05, 0.1) is 0 Å². The third-order valence-corrected chi connectivity index (χ3v) is 5.44. The maximum Gasteiger partial charge on any atom is 0.251 e. The van der Waals surface area contributed by atoms with Crippen LogP contribution in [0.4, 0.5) is 0 Å². The summed E-state index contributed by atoms with van der Waals surface area (Å²) in [6, 6.07) is 19.0. The fourth-order valence-corrected chi connectivity index (χ4v) is 3.83. The summed E-state index contributed by atoms with van der Waals surface area (Å²) in [6.45, 7) is 6.54. The number of hydrogen-bond donors (Lipinski definition) is 1. The van der Waals surface area contributed by atoms with Crippen LogP contribution >= 0.6 is 0 Å². The zero-order valence-corrected chi connectivity index (χ0v) is 15.9. The molecule has 4 nitrogen and oxygen atoms in total. The molecule has 0 bridgehead atoms. The summed E-state index contributed by atoms with van der Waals surface area (Å²) in [6.07, 6.45) is 2.63. The third-order valence-electron chi connectivity index (χ3n) is 5.44. The molecule has 138 valence electrons. The van der Waals surface area contributed by atoms with Gasteiger partial charge in [-0.3, -0.25) is 9.69 Å². The van der Waals surface area contributed by atoms with Crippen molar-refractivity contribution >= 4 is 0 Å². The number of aryl methyl sites for hydroxylation is 1. The maximum absolute atomic E-state index is 11.7. The molecule has 4 rings (SSSR count). The molecule has 0 amide bonds. The minimum absolute atomic E-state index is 0.121. The highest BCUT2D eigenvalue weighted by molar-refractivity contribution is 5.68. The maximum atomic E-state index is 11.7. The Hall–Kier alpha value is -2.72. The highest BCUT2D eigenvalue weighted by Crippen LogP contribution is 2.28. The summed E-state index contributed by atoms with van der Waals surface area (Å²) in [5.74, 6) is 0.612. The van der Waals surface area contributed by atoms with Crippen LogP contribution in [0, 0.1) is 6.92 Å². The monoisotopic (exact) mass is 359 g/mol. The van der Waals surface area contributed by atoms with Gasteiger partial charge in [-0.2, -0.15) is 0 Å². The van der Waals surface area contributed by atoms with Gasteiger partial charge in [0.15, 0.2) is 0 Å². The molecule has 1 N–H and O–H groups in total. The Morgan fingerprint density at radius 3 is 2.07 bits per heavy atom. The number of aromatic nitrogens is 2. The summed E-state index contributed by atoms with van der Waals surface area (Å²) in [5.41, 5.74) is 5.25. The minimum Gasteiger partial charge on any atom is -0.307 e. The molecular weight excluding hydrogens is 334 g/mol. The van der Waals surface area contributed by atoms with Crippen molar-refractivity contribution < 1.29 is 0 Å². The first-order chi connectivity index (χ1) is 13.1. The van der Waals surface area contributed by atoms with E-state index in [4.69, 9.17) is 0 Å². The zero-order chi connectivity index (χ0) is 18.8. The fourth-order valence-electron chi connectivity index (χ4n) is 3.83. The summed E-state index contributed by atoms with van der Waals surface area (Å²) in [7, 11) is 0. The van der Waals surface area contributed by atoms with Gasteiger partial charge in [-0.1, -0.05) is 48.5 Å². The van der Waals surface area contributed by atoms with Gasteiger partial charge in [-0.05, 0) is 56.5 Å². The summed E-state index contributed by atoms with van der Waals surface area (Å²) >= 11 is 0.